The van der Waals surface area contributed by atoms with Gasteiger partial charge in [-0.05, 0) is 39.9 Å². The predicted molar refractivity (Wildman–Crippen MR) is 93.3 cm³/mol. The Morgan fingerprint density at radius 1 is 1.22 bits per heavy atom. The van der Waals surface area contributed by atoms with Crippen LogP contribution in [0, 0.1) is 20.8 Å². The minimum atomic E-state index is -0.111. The van der Waals surface area contributed by atoms with Crippen molar-refractivity contribution in [2.75, 3.05) is 6.26 Å². The molecule has 0 radical (unpaired) electrons. The van der Waals surface area contributed by atoms with Crippen LogP contribution >= 0.6 is 23.1 Å². The van der Waals surface area contributed by atoms with Crippen molar-refractivity contribution >= 4 is 29.0 Å². The summed E-state index contributed by atoms with van der Waals surface area (Å²) in [6.45, 7) is 6.33. The molecule has 122 valence electrons. The number of nitrogens with one attached hydrogen (secondary N) is 1. The molecule has 5 nitrogen and oxygen atoms in total. The Kier molecular flexibility index (Phi) is 4.68. The number of aromatic nitrogens is 3. The Bertz CT molecular complexity index is 753. The summed E-state index contributed by atoms with van der Waals surface area (Å²) in [5.74, 6) is 1.26. The van der Waals surface area contributed by atoms with Gasteiger partial charge in [0, 0.05) is 10.8 Å². The van der Waals surface area contributed by atoms with Gasteiger partial charge >= 0.3 is 0 Å². The second kappa shape index (κ2) is 6.57. The molecular formula is C16H20N4OS2. The summed E-state index contributed by atoms with van der Waals surface area (Å²) in [5, 5.41) is 4.78. The van der Waals surface area contributed by atoms with E-state index in [0.29, 0.717) is 18.0 Å². The van der Waals surface area contributed by atoms with Crippen LogP contribution in [0.2, 0.25) is 0 Å². The molecule has 0 saturated heterocycles. The maximum absolute atomic E-state index is 12.6. The molecule has 0 spiro atoms. The molecule has 1 aliphatic carbocycles. The van der Waals surface area contributed by atoms with E-state index in [1.165, 1.54) is 11.8 Å². The quantitative estimate of drug-likeness (QED) is 0.663. The number of aryl methyl sites for hydroxylation is 3. The van der Waals surface area contributed by atoms with Crippen LogP contribution in [0.4, 0.5) is 0 Å². The fourth-order valence-corrected chi connectivity index (χ4v) is 3.99. The van der Waals surface area contributed by atoms with Crippen LogP contribution in [0.15, 0.2) is 5.03 Å². The van der Waals surface area contributed by atoms with Gasteiger partial charge in [0.2, 0.25) is 0 Å². The monoisotopic (exact) mass is 348 g/mol. The summed E-state index contributed by atoms with van der Waals surface area (Å²) in [7, 11) is 0. The van der Waals surface area contributed by atoms with E-state index in [1.807, 2.05) is 27.0 Å². The average molecular weight is 348 g/mol. The molecule has 1 aliphatic rings. The Morgan fingerprint density at radius 3 is 2.52 bits per heavy atom. The number of amides is 1. The molecule has 0 atom stereocenters. The molecule has 1 saturated carbocycles. The first kappa shape index (κ1) is 16.4. The summed E-state index contributed by atoms with van der Waals surface area (Å²) in [6, 6.07) is 0. The Morgan fingerprint density at radius 2 is 1.96 bits per heavy atom. The molecular weight excluding hydrogens is 328 g/mol. The van der Waals surface area contributed by atoms with Gasteiger partial charge < -0.3 is 5.32 Å². The van der Waals surface area contributed by atoms with Crippen LogP contribution in [0.5, 0.6) is 0 Å². The highest BCUT2D eigenvalue weighted by Gasteiger charge is 2.29. The molecule has 0 aliphatic heterocycles. The van der Waals surface area contributed by atoms with E-state index in [0.717, 1.165) is 45.0 Å². The number of nitrogens with zero attached hydrogens (tertiary/aromatic N) is 3. The number of thiazole rings is 1. The van der Waals surface area contributed by atoms with E-state index < -0.39 is 0 Å². The van der Waals surface area contributed by atoms with Crippen molar-refractivity contribution in [2.45, 2.75) is 51.1 Å². The van der Waals surface area contributed by atoms with Gasteiger partial charge in [-0.2, -0.15) is 0 Å². The van der Waals surface area contributed by atoms with Crippen molar-refractivity contribution in [3.63, 3.8) is 0 Å². The minimum absolute atomic E-state index is 0.111. The third kappa shape index (κ3) is 3.55. The van der Waals surface area contributed by atoms with Gasteiger partial charge in [-0.25, -0.2) is 15.0 Å². The van der Waals surface area contributed by atoms with Gasteiger partial charge in [-0.15, -0.1) is 23.1 Å². The van der Waals surface area contributed by atoms with E-state index in [4.69, 9.17) is 0 Å². The predicted octanol–water partition coefficient (Wildman–Crippen LogP) is 3.39. The van der Waals surface area contributed by atoms with Crippen LogP contribution in [0.3, 0.4) is 0 Å². The zero-order valence-corrected chi connectivity index (χ0v) is 15.4. The molecule has 1 fully saturated rings. The third-order valence-corrected chi connectivity index (χ3v) is 5.60. The van der Waals surface area contributed by atoms with Crippen molar-refractivity contribution in [1.29, 1.82) is 0 Å². The number of hydrogen-bond donors (Lipinski definition) is 1. The van der Waals surface area contributed by atoms with Crippen molar-refractivity contribution in [1.82, 2.24) is 20.3 Å². The van der Waals surface area contributed by atoms with Crippen LogP contribution in [-0.4, -0.2) is 27.1 Å². The van der Waals surface area contributed by atoms with E-state index in [-0.39, 0.29) is 5.91 Å². The van der Waals surface area contributed by atoms with Gasteiger partial charge in [-0.1, -0.05) is 0 Å². The van der Waals surface area contributed by atoms with Gasteiger partial charge in [0.1, 0.15) is 10.9 Å². The fraction of sp³-hybridized carbons (Fsp3) is 0.500. The summed E-state index contributed by atoms with van der Waals surface area (Å²) in [6.07, 6.45) is 4.26. The molecule has 3 rings (SSSR count). The molecule has 2 aromatic heterocycles. The van der Waals surface area contributed by atoms with E-state index in [9.17, 15) is 4.79 Å². The maximum atomic E-state index is 12.6. The normalized spacial score (nSPS) is 14.1. The molecule has 0 aromatic carbocycles. The first-order valence-corrected chi connectivity index (χ1v) is 9.67. The summed E-state index contributed by atoms with van der Waals surface area (Å²) in [5.41, 5.74) is 2.34. The van der Waals surface area contributed by atoms with Crippen LogP contribution in [0.1, 0.15) is 56.2 Å². The number of rotatable bonds is 5. The SMILES string of the molecule is CSc1nc(C2CC2)nc(C)c1C(=O)NCc1sc(C)nc1C. The maximum Gasteiger partial charge on any atom is 0.256 e. The van der Waals surface area contributed by atoms with Gasteiger partial charge in [0.05, 0.1) is 28.5 Å². The number of thioether (sulfide) groups is 1. The van der Waals surface area contributed by atoms with E-state index >= 15 is 0 Å². The lowest BCUT2D eigenvalue weighted by Crippen LogP contribution is -2.25. The zero-order valence-electron chi connectivity index (χ0n) is 13.8. The lowest BCUT2D eigenvalue weighted by Gasteiger charge is -2.11. The largest absolute Gasteiger partial charge is 0.347 e. The third-order valence-electron chi connectivity index (χ3n) is 3.85. The average Bonchev–Trinajstić information content (AvgIpc) is 3.30. The molecule has 2 aromatic rings. The van der Waals surface area contributed by atoms with Crippen LogP contribution in [0.25, 0.3) is 0 Å². The molecule has 1 amide bonds. The van der Waals surface area contributed by atoms with E-state index in [2.05, 4.69) is 20.3 Å². The molecule has 0 bridgehead atoms. The van der Waals surface area contributed by atoms with Crippen LogP contribution in [-0.2, 0) is 6.54 Å². The smallest absolute Gasteiger partial charge is 0.256 e. The van der Waals surface area contributed by atoms with E-state index in [1.54, 1.807) is 11.3 Å². The Hall–Kier alpha value is -1.47. The van der Waals surface area contributed by atoms with Crippen molar-refractivity contribution in [3.05, 3.63) is 32.7 Å². The second-order valence-electron chi connectivity index (χ2n) is 5.75. The minimum Gasteiger partial charge on any atom is -0.347 e. The topological polar surface area (TPSA) is 67.8 Å². The Labute approximate surface area is 144 Å². The fourth-order valence-electron chi connectivity index (χ4n) is 2.49. The molecule has 0 unspecified atom stereocenters. The first-order valence-electron chi connectivity index (χ1n) is 7.63. The van der Waals surface area contributed by atoms with Crippen molar-refractivity contribution in [2.24, 2.45) is 0 Å². The highest BCUT2D eigenvalue weighted by molar-refractivity contribution is 7.98. The van der Waals surface area contributed by atoms with Gasteiger partial charge in [-0.3, -0.25) is 4.79 Å². The molecule has 2 heterocycles. The first-order chi connectivity index (χ1) is 11.0. The number of hydrogen-bond acceptors (Lipinski definition) is 6. The van der Waals surface area contributed by atoms with Crippen molar-refractivity contribution in [3.8, 4) is 0 Å². The number of carbonyl (C=O) groups is 1. The highest BCUT2D eigenvalue weighted by atomic mass is 32.2. The lowest BCUT2D eigenvalue weighted by atomic mass is 10.2. The molecule has 23 heavy (non-hydrogen) atoms. The zero-order chi connectivity index (χ0) is 16.6. The van der Waals surface area contributed by atoms with Gasteiger partial charge in [0.15, 0.2) is 0 Å². The second-order valence-corrected chi connectivity index (χ2v) is 7.83. The number of carbonyl (C=O) groups excluding carboxylic acids is 1. The van der Waals surface area contributed by atoms with Crippen LogP contribution < -0.4 is 5.32 Å². The summed E-state index contributed by atoms with van der Waals surface area (Å²) >= 11 is 3.12. The molecule has 1 N–H and O–H groups in total. The van der Waals surface area contributed by atoms with Crippen molar-refractivity contribution < 1.29 is 4.79 Å². The highest BCUT2D eigenvalue weighted by Crippen LogP contribution is 2.39. The summed E-state index contributed by atoms with van der Waals surface area (Å²) in [4.78, 5) is 27.2. The lowest BCUT2D eigenvalue weighted by molar-refractivity contribution is 0.0946. The molecule has 7 heteroatoms. The standard InChI is InChI=1S/C16H20N4OS2/c1-8-12(23-10(3)18-8)7-17-15(21)13-9(2)19-14(11-5-6-11)20-16(13)22-4/h11H,5-7H2,1-4H3,(H,17,21). The summed E-state index contributed by atoms with van der Waals surface area (Å²) < 4.78 is 0. The Balaban J connectivity index is 1.79. The van der Waals surface area contributed by atoms with Gasteiger partial charge in [0.25, 0.3) is 5.91 Å².